The van der Waals surface area contributed by atoms with Gasteiger partial charge in [0.2, 0.25) is 5.91 Å². The molecule has 0 spiro atoms. The molecule has 2 aromatic rings. The molecule has 6 heteroatoms. The van der Waals surface area contributed by atoms with Gasteiger partial charge in [0, 0.05) is 12.6 Å². The van der Waals surface area contributed by atoms with Gasteiger partial charge in [-0.2, -0.15) is 0 Å². The third-order valence-corrected chi connectivity index (χ3v) is 2.04. The van der Waals surface area contributed by atoms with Crippen LogP contribution >= 0.6 is 0 Å². The minimum absolute atomic E-state index is 0.203. The molecule has 1 amide bonds. The van der Waals surface area contributed by atoms with Crippen LogP contribution in [0.25, 0.3) is 11.0 Å². The Morgan fingerprint density at radius 1 is 1.12 bits per heavy atom. The third-order valence-electron chi connectivity index (χ3n) is 2.04. The summed E-state index contributed by atoms with van der Waals surface area (Å²) in [6.45, 7) is 1.39. The summed E-state index contributed by atoms with van der Waals surface area (Å²) in [7, 11) is 0. The molecule has 16 heavy (non-hydrogen) atoms. The molecule has 6 nitrogen and oxygen atoms in total. The van der Waals surface area contributed by atoms with Crippen molar-refractivity contribution in [2.24, 2.45) is 0 Å². The number of benzene rings is 1. The van der Waals surface area contributed by atoms with E-state index in [1.54, 1.807) is 18.2 Å². The number of hydrogen-bond acceptors (Lipinski definition) is 3. The van der Waals surface area contributed by atoms with E-state index >= 15 is 0 Å². The number of carbonyl (C=O) groups excluding carboxylic acids is 1. The Kier molecular flexibility index (Phi) is 2.32. The molecule has 0 bridgehead atoms. The molecule has 0 aliphatic carbocycles. The van der Waals surface area contributed by atoms with Gasteiger partial charge in [-0.15, -0.1) is 0 Å². The van der Waals surface area contributed by atoms with Gasteiger partial charge in [-0.05, 0) is 18.2 Å². The molecule has 0 fully saturated rings. The van der Waals surface area contributed by atoms with Crippen LogP contribution in [0.1, 0.15) is 6.92 Å². The number of fused-ring (bicyclic) bond motifs is 1. The smallest absolute Gasteiger partial charge is 0.314 e. The molecule has 1 heterocycles. The third kappa shape index (κ3) is 1.85. The second kappa shape index (κ2) is 3.65. The maximum absolute atomic E-state index is 11.1. The minimum atomic E-state index is -0.715. The van der Waals surface area contributed by atoms with Gasteiger partial charge >= 0.3 is 11.1 Å². The second-order valence-electron chi connectivity index (χ2n) is 3.35. The summed E-state index contributed by atoms with van der Waals surface area (Å²) in [4.78, 5) is 37.8. The lowest BCUT2D eigenvalue weighted by molar-refractivity contribution is -0.114. The van der Waals surface area contributed by atoms with Crippen LogP contribution in [-0.2, 0) is 4.79 Å². The number of aromatic nitrogens is 2. The predicted molar refractivity (Wildman–Crippen MR) is 59.5 cm³/mol. The number of hydrogen-bond donors (Lipinski definition) is 3. The topological polar surface area (TPSA) is 94.8 Å². The predicted octanol–water partition coefficient (Wildman–Crippen LogP) is 0.175. The van der Waals surface area contributed by atoms with E-state index in [0.29, 0.717) is 16.7 Å². The zero-order valence-corrected chi connectivity index (χ0v) is 8.46. The van der Waals surface area contributed by atoms with Gasteiger partial charge in [-0.25, -0.2) is 0 Å². The van der Waals surface area contributed by atoms with Crippen LogP contribution in [0.4, 0.5) is 5.69 Å². The SMILES string of the molecule is CC(=O)Nc1ccc2[nH]c(=O)c(=O)[nH]c2c1. The molecule has 0 atom stereocenters. The molecular formula is C10H9N3O3. The van der Waals surface area contributed by atoms with Gasteiger partial charge in [-0.1, -0.05) is 0 Å². The zero-order chi connectivity index (χ0) is 11.7. The summed E-state index contributed by atoms with van der Waals surface area (Å²) in [5, 5.41) is 2.58. The van der Waals surface area contributed by atoms with Crippen LogP contribution in [-0.4, -0.2) is 15.9 Å². The molecule has 82 valence electrons. The first-order valence-corrected chi connectivity index (χ1v) is 4.60. The molecule has 0 saturated carbocycles. The van der Waals surface area contributed by atoms with Crippen molar-refractivity contribution in [3.63, 3.8) is 0 Å². The fourth-order valence-corrected chi connectivity index (χ4v) is 1.40. The van der Waals surface area contributed by atoms with Crippen molar-refractivity contribution in [3.8, 4) is 0 Å². The summed E-state index contributed by atoms with van der Waals surface area (Å²) in [6.07, 6.45) is 0. The van der Waals surface area contributed by atoms with Crippen LogP contribution in [0.2, 0.25) is 0 Å². The molecule has 0 unspecified atom stereocenters. The highest BCUT2D eigenvalue weighted by Crippen LogP contribution is 2.13. The van der Waals surface area contributed by atoms with Crippen molar-refractivity contribution >= 4 is 22.6 Å². The van der Waals surface area contributed by atoms with Gasteiger partial charge in [-0.3, -0.25) is 14.4 Å². The summed E-state index contributed by atoms with van der Waals surface area (Å²) >= 11 is 0. The summed E-state index contributed by atoms with van der Waals surface area (Å²) in [5.41, 5.74) is 0.129. The van der Waals surface area contributed by atoms with E-state index in [1.807, 2.05) is 0 Å². The van der Waals surface area contributed by atoms with E-state index in [1.165, 1.54) is 6.92 Å². The van der Waals surface area contributed by atoms with E-state index in [-0.39, 0.29) is 5.91 Å². The second-order valence-corrected chi connectivity index (χ2v) is 3.35. The van der Waals surface area contributed by atoms with Gasteiger partial charge < -0.3 is 15.3 Å². The van der Waals surface area contributed by atoms with E-state index in [0.717, 1.165) is 0 Å². The molecule has 0 aliphatic rings. The molecule has 1 aromatic heterocycles. The number of carbonyl (C=O) groups is 1. The lowest BCUT2D eigenvalue weighted by Crippen LogP contribution is -2.28. The number of H-pyrrole nitrogens is 2. The fraction of sp³-hybridized carbons (Fsp3) is 0.100. The Morgan fingerprint density at radius 3 is 2.38 bits per heavy atom. The summed E-state index contributed by atoms with van der Waals surface area (Å²) in [5.74, 6) is -0.203. The monoisotopic (exact) mass is 219 g/mol. The maximum Gasteiger partial charge on any atom is 0.314 e. The first-order chi connectivity index (χ1) is 7.56. The first kappa shape index (κ1) is 10.2. The Morgan fingerprint density at radius 2 is 1.75 bits per heavy atom. The van der Waals surface area contributed by atoms with E-state index in [9.17, 15) is 14.4 Å². The quantitative estimate of drug-likeness (QED) is 0.597. The van der Waals surface area contributed by atoms with Crippen molar-refractivity contribution in [1.82, 2.24) is 9.97 Å². The number of nitrogens with one attached hydrogen (secondary N) is 3. The molecule has 0 saturated heterocycles. The summed E-state index contributed by atoms with van der Waals surface area (Å²) < 4.78 is 0. The van der Waals surface area contributed by atoms with Crippen LogP contribution in [0, 0.1) is 0 Å². The van der Waals surface area contributed by atoms with E-state index < -0.39 is 11.1 Å². The molecule has 3 N–H and O–H groups in total. The molecular weight excluding hydrogens is 210 g/mol. The lowest BCUT2D eigenvalue weighted by Gasteiger charge is -2.03. The van der Waals surface area contributed by atoms with Crippen molar-refractivity contribution in [3.05, 3.63) is 38.9 Å². The molecule has 1 aromatic carbocycles. The summed E-state index contributed by atoms with van der Waals surface area (Å²) in [6, 6.07) is 4.82. The van der Waals surface area contributed by atoms with Gasteiger partial charge in [0.15, 0.2) is 0 Å². The van der Waals surface area contributed by atoms with Crippen molar-refractivity contribution in [2.75, 3.05) is 5.32 Å². The maximum atomic E-state index is 11.1. The number of anilines is 1. The van der Waals surface area contributed by atoms with E-state index in [4.69, 9.17) is 0 Å². The minimum Gasteiger partial charge on any atom is -0.326 e. The number of amides is 1. The molecule has 2 rings (SSSR count). The van der Waals surface area contributed by atoms with Crippen LogP contribution in [0.5, 0.6) is 0 Å². The Balaban J connectivity index is 2.62. The van der Waals surface area contributed by atoms with Crippen molar-refractivity contribution in [2.45, 2.75) is 6.92 Å². The largest absolute Gasteiger partial charge is 0.326 e. The zero-order valence-electron chi connectivity index (χ0n) is 8.46. The number of rotatable bonds is 1. The van der Waals surface area contributed by atoms with Gasteiger partial charge in [0.05, 0.1) is 11.0 Å². The normalized spacial score (nSPS) is 10.3. The van der Waals surface area contributed by atoms with Crippen LogP contribution in [0.3, 0.4) is 0 Å². The van der Waals surface area contributed by atoms with Crippen LogP contribution in [0.15, 0.2) is 27.8 Å². The number of aromatic amines is 2. The Bertz CT molecular complexity index is 669. The Hall–Kier alpha value is -2.37. The average Bonchev–Trinajstić information content (AvgIpc) is 2.19. The van der Waals surface area contributed by atoms with Crippen molar-refractivity contribution in [1.29, 1.82) is 0 Å². The molecule has 0 aliphatic heterocycles. The first-order valence-electron chi connectivity index (χ1n) is 4.60. The molecule has 0 radical (unpaired) electrons. The highest BCUT2D eigenvalue weighted by Gasteiger charge is 2.01. The van der Waals surface area contributed by atoms with Gasteiger partial charge in [0.1, 0.15) is 0 Å². The lowest BCUT2D eigenvalue weighted by atomic mass is 10.2. The van der Waals surface area contributed by atoms with Gasteiger partial charge in [0.25, 0.3) is 0 Å². The fourth-order valence-electron chi connectivity index (χ4n) is 1.40. The highest BCUT2D eigenvalue weighted by molar-refractivity contribution is 5.91. The van der Waals surface area contributed by atoms with E-state index in [2.05, 4.69) is 15.3 Å². The average molecular weight is 219 g/mol. The highest BCUT2D eigenvalue weighted by atomic mass is 16.2. The standard InChI is InChI=1S/C10H9N3O3/c1-5(14)11-6-2-3-7-8(4-6)13-10(16)9(15)12-7/h2-4H,1H3,(H,11,14)(H,12,15)(H,13,16). The van der Waals surface area contributed by atoms with Crippen LogP contribution < -0.4 is 16.4 Å². The Labute approximate surface area is 89.3 Å². The van der Waals surface area contributed by atoms with Crippen molar-refractivity contribution < 1.29 is 4.79 Å².